The molecule has 1 aromatic carbocycles. The molecule has 0 unspecified atom stereocenters. The number of halogens is 1. The highest BCUT2D eigenvalue weighted by Crippen LogP contribution is 2.30. The zero-order valence-electron chi connectivity index (χ0n) is 10.2. The average molecular weight is 253 g/mol. The van der Waals surface area contributed by atoms with Crippen LogP contribution < -0.4 is 10.1 Å². The standard InChI is InChI=1S/C13H16FNO3/c1-18-10-5-2-4-9(11(10)14)12(16)15-8-13(17)6-3-7-13/h2,4-5,17H,3,6-8H2,1H3,(H,15,16). The molecule has 1 aliphatic rings. The number of hydrogen-bond donors (Lipinski definition) is 2. The lowest BCUT2D eigenvalue weighted by atomic mass is 9.80. The molecule has 0 aliphatic heterocycles. The third-order valence-corrected chi connectivity index (χ3v) is 3.29. The number of hydrogen-bond acceptors (Lipinski definition) is 3. The number of nitrogens with one attached hydrogen (secondary N) is 1. The van der Waals surface area contributed by atoms with Gasteiger partial charge in [0.1, 0.15) is 0 Å². The Morgan fingerprint density at radius 1 is 1.56 bits per heavy atom. The van der Waals surface area contributed by atoms with Gasteiger partial charge in [-0.3, -0.25) is 4.79 Å². The molecule has 0 heterocycles. The third kappa shape index (κ3) is 2.46. The maximum absolute atomic E-state index is 13.8. The van der Waals surface area contributed by atoms with Gasteiger partial charge in [0.05, 0.1) is 18.3 Å². The molecule has 0 aromatic heterocycles. The van der Waals surface area contributed by atoms with Crippen LogP contribution in [0.25, 0.3) is 0 Å². The van der Waals surface area contributed by atoms with Crippen molar-refractivity contribution < 1.29 is 19.0 Å². The van der Waals surface area contributed by atoms with Crippen molar-refractivity contribution in [1.29, 1.82) is 0 Å². The van der Waals surface area contributed by atoms with Crippen LogP contribution in [0.3, 0.4) is 0 Å². The van der Waals surface area contributed by atoms with Crippen molar-refractivity contribution in [2.45, 2.75) is 24.9 Å². The fraction of sp³-hybridized carbons (Fsp3) is 0.462. The van der Waals surface area contributed by atoms with Gasteiger partial charge in [0.2, 0.25) is 0 Å². The molecule has 1 aliphatic carbocycles. The maximum Gasteiger partial charge on any atom is 0.254 e. The van der Waals surface area contributed by atoms with E-state index in [1.807, 2.05) is 0 Å². The Hall–Kier alpha value is -1.62. The van der Waals surface area contributed by atoms with Crippen LogP contribution >= 0.6 is 0 Å². The minimum absolute atomic E-state index is 0.0324. The van der Waals surface area contributed by atoms with Crippen molar-refractivity contribution in [3.05, 3.63) is 29.6 Å². The SMILES string of the molecule is COc1cccc(C(=O)NCC2(O)CCC2)c1F. The normalized spacial score (nSPS) is 16.8. The molecule has 5 heteroatoms. The monoisotopic (exact) mass is 253 g/mol. The van der Waals surface area contributed by atoms with Gasteiger partial charge in [-0.15, -0.1) is 0 Å². The topological polar surface area (TPSA) is 58.6 Å². The van der Waals surface area contributed by atoms with Crippen LogP contribution in [0.5, 0.6) is 5.75 Å². The molecule has 0 bridgehead atoms. The summed E-state index contributed by atoms with van der Waals surface area (Å²) in [6.07, 6.45) is 2.31. The van der Waals surface area contributed by atoms with E-state index < -0.39 is 17.3 Å². The summed E-state index contributed by atoms with van der Waals surface area (Å²) in [5.41, 5.74) is -0.886. The first-order valence-corrected chi connectivity index (χ1v) is 5.89. The molecular weight excluding hydrogens is 237 g/mol. The van der Waals surface area contributed by atoms with Gasteiger partial charge in [0.15, 0.2) is 11.6 Å². The zero-order chi connectivity index (χ0) is 13.2. The summed E-state index contributed by atoms with van der Waals surface area (Å²) in [5, 5.41) is 12.4. The van der Waals surface area contributed by atoms with Crippen molar-refractivity contribution in [2.24, 2.45) is 0 Å². The Kier molecular flexibility index (Phi) is 3.52. The van der Waals surface area contributed by atoms with Crippen molar-refractivity contribution in [2.75, 3.05) is 13.7 Å². The number of amides is 1. The Morgan fingerprint density at radius 2 is 2.28 bits per heavy atom. The summed E-state index contributed by atoms with van der Waals surface area (Å²) in [5.74, 6) is -1.19. The van der Waals surface area contributed by atoms with Gasteiger partial charge in [0.25, 0.3) is 5.91 Å². The first-order chi connectivity index (χ1) is 8.56. The highest BCUT2D eigenvalue weighted by atomic mass is 19.1. The summed E-state index contributed by atoms with van der Waals surface area (Å²) in [4.78, 5) is 11.8. The van der Waals surface area contributed by atoms with E-state index in [-0.39, 0.29) is 17.9 Å². The van der Waals surface area contributed by atoms with Gasteiger partial charge in [-0.25, -0.2) is 4.39 Å². The van der Waals surface area contributed by atoms with Crippen LogP contribution in [-0.2, 0) is 0 Å². The molecule has 4 nitrogen and oxygen atoms in total. The molecule has 1 saturated carbocycles. The smallest absolute Gasteiger partial charge is 0.254 e. The van der Waals surface area contributed by atoms with E-state index in [0.29, 0.717) is 12.8 Å². The molecule has 0 radical (unpaired) electrons. The van der Waals surface area contributed by atoms with Gasteiger partial charge >= 0.3 is 0 Å². The Balaban J connectivity index is 2.04. The summed E-state index contributed by atoms with van der Waals surface area (Å²) in [6, 6.07) is 4.39. The predicted molar refractivity (Wildman–Crippen MR) is 64.1 cm³/mol. The fourth-order valence-corrected chi connectivity index (χ4v) is 1.95. The second-order valence-electron chi connectivity index (χ2n) is 4.58. The fourth-order valence-electron chi connectivity index (χ4n) is 1.95. The van der Waals surface area contributed by atoms with Gasteiger partial charge in [0, 0.05) is 6.54 Å². The number of aliphatic hydroxyl groups is 1. The first-order valence-electron chi connectivity index (χ1n) is 5.89. The average Bonchev–Trinajstić information content (AvgIpc) is 2.34. The molecule has 2 N–H and O–H groups in total. The second kappa shape index (κ2) is 4.94. The van der Waals surface area contributed by atoms with Gasteiger partial charge < -0.3 is 15.2 Å². The van der Waals surface area contributed by atoms with E-state index in [2.05, 4.69) is 5.32 Å². The van der Waals surface area contributed by atoms with Crippen LogP contribution in [0.15, 0.2) is 18.2 Å². The van der Waals surface area contributed by atoms with Gasteiger partial charge in [-0.1, -0.05) is 6.07 Å². The van der Waals surface area contributed by atoms with Crippen LogP contribution in [0, 0.1) is 5.82 Å². The number of benzene rings is 1. The minimum Gasteiger partial charge on any atom is -0.494 e. The molecule has 98 valence electrons. The van der Waals surface area contributed by atoms with Gasteiger partial charge in [-0.05, 0) is 31.4 Å². The lowest BCUT2D eigenvalue weighted by molar-refractivity contribution is -0.0300. The summed E-state index contributed by atoms with van der Waals surface area (Å²) in [6.45, 7) is 0.155. The Labute approximate surface area is 105 Å². The molecule has 1 fully saturated rings. The second-order valence-corrected chi connectivity index (χ2v) is 4.58. The Morgan fingerprint density at radius 3 is 2.83 bits per heavy atom. The van der Waals surface area contributed by atoms with Crippen LogP contribution in [0.4, 0.5) is 4.39 Å². The highest BCUT2D eigenvalue weighted by Gasteiger charge is 2.34. The van der Waals surface area contributed by atoms with Crippen LogP contribution in [0.1, 0.15) is 29.6 Å². The molecule has 1 aromatic rings. The maximum atomic E-state index is 13.8. The predicted octanol–water partition coefficient (Wildman–Crippen LogP) is 1.48. The van der Waals surface area contributed by atoms with E-state index in [9.17, 15) is 14.3 Å². The van der Waals surface area contributed by atoms with Crippen molar-refractivity contribution in [3.63, 3.8) is 0 Å². The molecule has 2 rings (SSSR count). The lowest BCUT2D eigenvalue weighted by Crippen LogP contribution is -2.47. The van der Waals surface area contributed by atoms with Gasteiger partial charge in [-0.2, -0.15) is 0 Å². The lowest BCUT2D eigenvalue weighted by Gasteiger charge is -2.36. The molecule has 0 spiro atoms. The highest BCUT2D eigenvalue weighted by molar-refractivity contribution is 5.94. The molecule has 0 atom stereocenters. The Bertz CT molecular complexity index is 458. The third-order valence-electron chi connectivity index (χ3n) is 3.29. The number of ether oxygens (including phenoxy) is 1. The van der Waals surface area contributed by atoms with E-state index >= 15 is 0 Å². The molecule has 0 saturated heterocycles. The van der Waals surface area contributed by atoms with Crippen molar-refractivity contribution >= 4 is 5.91 Å². The van der Waals surface area contributed by atoms with Crippen LogP contribution in [0.2, 0.25) is 0 Å². The molecule has 18 heavy (non-hydrogen) atoms. The van der Waals surface area contributed by atoms with E-state index in [1.54, 1.807) is 6.07 Å². The number of rotatable bonds is 4. The number of carbonyl (C=O) groups is 1. The molecule has 1 amide bonds. The quantitative estimate of drug-likeness (QED) is 0.854. The van der Waals surface area contributed by atoms with E-state index in [0.717, 1.165) is 6.42 Å². The largest absolute Gasteiger partial charge is 0.494 e. The summed E-state index contributed by atoms with van der Waals surface area (Å²) >= 11 is 0. The van der Waals surface area contributed by atoms with Crippen molar-refractivity contribution in [1.82, 2.24) is 5.32 Å². The number of methoxy groups -OCH3 is 1. The van der Waals surface area contributed by atoms with Crippen molar-refractivity contribution in [3.8, 4) is 5.75 Å². The van der Waals surface area contributed by atoms with Crippen LogP contribution in [-0.4, -0.2) is 30.3 Å². The summed E-state index contributed by atoms with van der Waals surface area (Å²) < 4.78 is 18.6. The zero-order valence-corrected chi connectivity index (χ0v) is 10.2. The van der Waals surface area contributed by atoms with E-state index in [4.69, 9.17) is 4.74 Å². The number of carbonyl (C=O) groups excluding carboxylic acids is 1. The summed E-state index contributed by atoms with van der Waals surface area (Å²) in [7, 11) is 1.34. The molecular formula is C13H16FNO3. The minimum atomic E-state index is -0.814. The van der Waals surface area contributed by atoms with E-state index in [1.165, 1.54) is 19.2 Å². The first kappa shape index (κ1) is 12.8.